The second kappa shape index (κ2) is 10.3. The van der Waals surface area contributed by atoms with Gasteiger partial charge < -0.3 is 0 Å². The average molecular weight is 439 g/mol. The summed E-state index contributed by atoms with van der Waals surface area (Å²) in [6, 6.07) is 0. The van der Waals surface area contributed by atoms with Crippen molar-refractivity contribution in [3.05, 3.63) is 11.9 Å². The summed E-state index contributed by atoms with van der Waals surface area (Å²) in [5.41, 5.74) is 0.921. The van der Waals surface area contributed by atoms with Crippen molar-refractivity contribution in [2.75, 3.05) is 12.0 Å². The van der Waals surface area contributed by atoms with Gasteiger partial charge in [-0.3, -0.25) is 0 Å². The number of aromatic nitrogens is 3. The quantitative estimate of drug-likeness (QED) is 0.201. The summed E-state index contributed by atoms with van der Waals surface area (Å²) < 4.78 is 3.93. The third-order valence-corrected chi connectivity index (χ3v) is 5.97. The van der Waals surface area contributed by atoms with Crippen LogP contribution in [0.15, 0.2) is 6.20 Å². The summed E-state index contributed by atoms with van der Waals surface area (Å²) >= 11 is -0.325. The molecule has 0 bridgehead atoms. The van der Waals surface area contributed by atoms with Crippen molar-refractivity contribution in [2.45, 2.75) is 45.8 Å². The number of rotatable bonds is 10. The van der Waals surface area contributed by atoms with Crippen LogP contribution in [0, 0.1) is 5.92 Å². The average Bonchev–Trinajstić information content (AvgIpc) is 2.90. The molecule has 1 aromatic heterocycles. The van der Waals surface area contributed by atoms with E-state index in [0.29, 0.717) is 37.7 Å². The second-order valence-electron chi connectivity index (χ2n) is 5.51. The molecule has 8 heteroatoms. The van der Waals surface area contributed by atoms with Crippen LogP contribution >= 0.6 is 8.73 Å². The van der Waals surface area contributed by atoms with Gasteiger partial charge in [-0.15, -0.1) is 0 Å². The summed E-state index contributed by atoms with van der Waals surface area (Å²) in [5.74, 6) is 0.643. The fraction of sp³-hybridized carbons (Fsp3) is 0.714. The van der Waals surface area contributed by atoms with Gasteiger partial charge in [0, 0.05) is 0 Å². The first-order valence-electron chi connectivity index (χ1n) is 7.33. The number of nitrogens with zero attached hydrogens (tertiary/aromatic N) is 4. The van der Waals surface area contributed by atoms with Gasteiger partial charge in [-0.05, 0) is 5.92 Å². The van der Waals surface area contributed by atoms with E-state index in [1.165, 1.54) is 0 Å². The monoisotopic (exact) mass is 439 g/mol. The van der Waals surface area contributed by atoms with Crippen LogP contribution < -0.4 is 21.2 Å². The minimum atomic E-state index is -0.325. The second-order valence-corrected chi connectivity index (χ2v) is 9.13. The third kappa shape index (κ3) is 7.63. The Morgan fingerprint density at radius 2 is 2.14 bits per heavy atom. The number of alkyl halides is 1. The van der Waals surface area contributed by atoms with Crippen molar-refractivity contribution < 1.29 is 30.8 Å². The molecular weight excluding hydrogens is 414 g/mol. The molecule has 0 aliphatic carbocycles. The Bertz CT molecular complexity index is 493. The molecule has 1 aromatic rings. The van der Waals surface area contributed by atoms with E-state index in [9.17, 15) is 9.59 Å². The fourth-order valence-corrected chi connectivity index (χ4v) is 3.58. The number of carbonyl (C=O) groups excluding carboxylic acids is 2. The molecule has 1 heterocycles. The number of hydrogen-bond acceptors (Lipinski definition) is 4. The van der Waals surface area contributed by atoms with Gasteiger partial charge in [-0.2, -0.15) is 0 Å². The van der Waals surface area contributed by atoms with Crippen molar-refractivity contribution in [3.63, 3.8) is 0 Å². The summed E-state index contributed by atoms with van der Waals surface area (Å²) in [5, 5.41) is 8.23. The molecular formula is C14H25IN4O2P-. The van der Waals surface area contributed by atoms with E-state index in [2.05, 4.69) is 24.2 Å². The van der Waals surface area contributed by atoms with Crippen LogP contribution in [0.25, 0.3) is 0 Å². The van der Waals surface area contributed by atoms with Gasteiger partial charge in [-0.25, -0.2) is 0 Å². The summed E-state index contributed by atoms with van der Waals surface area (Å²) in [6.07, 6.45) is 4.37. The molecule has 0 spiro atoms. The van der Waals surface area contributed by atoms with Gasteiger partial charge in [0.25, 0.3) is 0 Å². The number of halogens is 1. The maximum absolute atomic E-state index is 12.0. The normalized spacial score (nSPS) is 11.7. The zero-order valence-electron chi connectivity index (χ0n) is 13.7. The maximum atomic E-state index is 12.0. The molecule has 0 saturated carbocycles. The molecule has 22 heavy (non-hydrogen) atoms. The van der Waals surface area contributed by atoms with Crippen LogP contribution in [-0.2, 0) is 22.3 Å². The SMILES string of the molecule is C[I-]C(=O)CCCC(=O)N(C)PCc1cn(CC(C)C)nn1. The standard InChI is InChI=1S/C14H25IN4O2P/c1-11(2)8-19-9-12(16-17-19)10-22-18(4)14(21)7-5-6-13(20)15-3/h9,11,22H,5-8,10H2,1-4H3/q-1. The Labute approximate surface area is 144 Å². The first-order valence-corrected chi connectivity index (χ1v) is 11.7. The van der Waals surface area contributed by atoms with E-state index >= 15 is 0 Å². The number of amides is 1. The predicted octanol–water partition coefficient (Wildman–Crippen LogP) is -1.10. The Balaban J connectivity index is 2.29. The van der Waals surface area contributed by atoms with E-state index < -0.39 is 0 Å². The van der Waals surface area contributed by atoms with Crippen molar-refractivity contribution in [1.29, 1.82) is 0 Å². The van der Waals surface area contributed by atoms with E-state index in [0.717, 1.165) is 18.4 Å². The van der Waals surface area contributed by atoms with Crippen molar-refractivity contribution in [3.8, 4) is 0 Å². The Morgan fingerprint density at radius 3 is 2.77 bits per heavy atom. The van der Waals surface area contributed by atoms with Crippen molar-refractivity contribution in [2.24, 2.45) is 5.92 Å². The first kappa shape index (κ1) is 19.5. The van der Waals surface area contributed by atoms with Crippen LogP contribution in [-0.4, -0.2) is 41.3 Å². The fourth-order valence-electron chi connectivity index (χ4n) is 1.81. The predicted molar refractivity (Wildman–Crippen MR) is 84.4 cm³/mol. The Hall–Kier alpha value is -0.560. The van der Waals surface area contributed by atoms with Crippen LogP contribution in [0.3, 0.4) is 0 Å². The third-order valence-electron chi connectivity index (χ3n) is 2.98. The topological polar surface area (TPSA) is 68.1 Å². The zero-order valence-corrected chi connectivity index (χ0v) is 16.8. The van der Waals surface area contributed by atoms with Crippen molar-refractivity contribution in [1.82, 2.24) is 19.7 Å². The van der Waals surface area contributed by atoms with Gasteiger partial charge in [0.1, 0.15) is 0 Å². The molecule has 1 amide bonds. The Kier molecular flexibility index (Phi) is 9.09. The molecule has 6 nitrogen and oxygen atoms in total. The van der Waals surface area contributed by atoms with Crippen LogP contribution in [0.4, 0.5) is 0 Å². The Morgan fingerprint density at radius 1 is 1.41 bits per heavy atom. The summed E-state index contributed by atoms with van der Waals surface area (Å²) in [4.78, 5) is 25.2. The molecule has 126 valence electrons. The van der Waals surface area contributed by atoms with Gasteiger partial charge >= 0.3 is 125 Å². The molecule has 1 atom stereocenters. The molecule has 1 rings (SSSR count). The van der Waals surface area contributed by atoms with Crippen molar-refractivity contribution >= 4 is 18.4 Å². The molecule has 0 fully saturated rings. The van der Waals surface area contributed by atoms with E-state index in [4.69, 9.17) is 0 Å². The zero-order chi connectivity index (χ0) is 16.5. The molecule has 0 aliphatic rings. The van der Waals surface area contributed by atoms with Gasteiger partial charge in [0.15, 0.2) is 0 Å². The van der Waals surface area contributed by atoms with Crippen LogP contribution in [0.2, 0.25) is 0 Å². The van der Waals surface area contributed by atoms with Crippen LogP contribution in [0.5, 0.6) is 0 Å². The van der Waals surface area contributed by atoms with Gasteiger partial charge in [0.2, 0.25) is 0 Å². The summed E-state index contributed by atoms with van der Waals surface area (Å²) in [7, 11) is 2.18. The number of carbonyl (C=O) groups is 2. The van der Waals surface area contributed by atoms with Crippen LogP contribution in [0.1, 0.15) is 38.8 Å². The molecule has 1 unspecified atom stereocenters. The molecule has 0 radical (unpaired) electrons. The number of hydrogen-bond donors (Lipinski definition) is 0. The molecule has 0 N–H and O–H groups in total. The molecule has 0 aliphatic heterocycles. The van der Waals surface area contributed by atoms with E-state index in [1.807, 2.05) is 22.9 Å². The molecule has 0 saturated heterocycles. The van der Waals surface area contributed by atoms with E-state index in [1.54, 1.807) is 4.67 Å². The van der Waals surface area contributed by atoms with Gasteiger partial charge in [-0.1, -0.05) is 13.8 Å². The van der Waals surface area contributed by atoms with E-state index in [-0.39, 0.29) is 27.1 Å². The molecule has 0 aromatic carbocycles. The summed E-state index contributed by atoms with van der Waals surface area (Å²) in [6.45, 7) is 5.14. The minimum absolute atomic E-state index is 0.106. The first-order chi connectivity index (χ1) is 10.4. The van der Waals surface area contributed by atoms with Gasteiger partial charge in [0.05, 0.1) is 0 Å².